The highest BCUT2D eigenvalue weighted by molar-refractivity contribution is 6.35. The van der Waals surface area contributed by atoms with Gasteiger partial charge in [-0.3, -0.25) is 4.79 Å². The van der Waals surface area contributed by atoms with Crippen LogP contribution in [0.5, 0.6) is 5.75 Å². The molecule has 7 heteroatoms. The van der Waals surface area contributed by atoms with Crippen molar-refractivity contribution in [2.24, 2.45) is 0 Å². The number of amides is 1. The van der Waals surface area contributed by atoms with Crippen molar-refractivity contribution in [3.05, 3.63) is 64.3 Å². The number of carbonyl (C=O) groups is 1. The molecular formula is C16H11Cl2N3O2. The molecule has 0 spiro atoms. The van der Waals surface area contributed by atoms with Crippen LogP contribution < -0.4 is 10.6 Å². The fourth-order valence-electron chi connectivity index (χ4n) is 1.69. The number of aromatic hydroxyl groups is 1. The van der Waals surface area contributed by atoms with Crippen LogP contribution in [0.2, 0.25) is 10.0 Å². The third-order valence-corrected chi connectivity index (χ3v) is 3.33. The second-order valence-corrected chi connectivity index (χ2v) is 5.29. The summed E-state index contributed by atoms with van der Waals surface area (Å²) in [6.07, 6.45) is 1.23. The lowest BCUT2D eigenvalue weighted by molar-refractivity contribution is -0.112. The summed E-state index contributed by atoms with van der Waals surface area (Å²) < 4.78 is 0. The van der Waals surface area contributed by atoms with Crippen molar-refractivity contribution in [2.75, 3.05) is 10.6 Å². The first kappa shape index (κ1) is 16.7. The summed E-state index contributed by atoms with van der Waals surface area (Å²) in [5.41, 5.74) is 0.679. The molecule has 0 atom stereocenters. The zero-order valence-electron chi connectivity index (χ0n) is 11.7. The van der Waals surface area contributed by atoms with Gasteiger partial charge in [0.2, 0.25) is 0 Å². The van der Waals surface area contributed by atoms with Gasteiger partial charge in [-0.25, -0.2) is 0 Å². The van der Waals surface area contributed by atoms with Crippen LogP contribution in [0.1, 0.15) is 0 Å². The first-order chi connectivity index (χ1) is 11.0. The van der Waals surface area contributed by atoms with Crippen molar-refractivity contribution in [2.45, 2.75) is 0 Å². The van der Waals surface area contributed by atoms with E-state index in [1.807, 2.05) is 0 Å². The van der Waals surface area contributed by atoms with Crippen LogP contribution in [0, 0.1) is 11.3 Å². The van der Waals surface area contributed by atoms with E-state index < -0.39 is 5.91 Å². The predicted octanol–water partition coefficient (Wildman–Crippen LogP) is 4.16. The fraction of sp³-hybridized carbons (Fsp3) is 0. The van der Waals surface area contributed by atoms with E-state index in [-0.39, 0.29) is 11.3 Å². The number of nitriles is 1. The molecule has 0 bridgehead atoms. The lowest BCUT2D eigenvalue weighted by Crippen LogP contribution is -2.14. The van der Waals surface area contributed by atoms with Crippen molar-refractivity contribution in [1.82, 2.24) is 0 Å². The first-order valence-corrected chi connectivity index (χ1v) is 7.17. The number of hydrogen-bond acceptors (Lipinski definition) is 4. The van der Waals surface area contributed by atoms with Gasteiger partial charge in [0.05, 0.1) is 10.7 Å². The number of nitrogens with one attached hydrogen (secondary N) is 2. The van der Waals surface area contributed by atoms with E-state index in [0.717, 1.165) is 0 Å². The molecule has 0 heterocycles. The SMILES string of the molecule is N#C/C(=C/Nc1cc(Cl)ccc1Cl)C(=O)Nc1cccc(O)c1. The second-order valence-electron chi connectivity index (χ2n) is 4.44. The molecule has 0 saturated carbocycles. The summed E-state index contributed by atoms with van der Waals surface area (Å²) in [7, 11) is 0. The van der Waals surface area contributed by atoms with E-state index >= 15 is 0 Å². The molecular weight excluding hydrogens is 337 g/mol. The van der Waals surface area contributed by atoms with Crippen molar-refractivity contribution < 1.29 is 9.90 Å². The summed E-state index contributed by atoms with van der Waals surface area (Å²) in [4.78, 5) is 12.0. The highest BCUT2D eigenvalue weighted by Gasteiger charge is 2.10. The zero-order valence-corrected chi connectivity index (χ0v) is 13.2. The van der Waals surface area contributed by atoms with Gasteiger partial charge in [-0.05, 0) is 30.3 Å². The number of benzene rings is 2. The van der Waals surface area contributed by atoms with Crippen LogP contribution in [-0.2, 0) is 4.79 Å². The van der Waals surface area contributed by atoms with Crippen molar-refractivity contribution >= 4 is 40.5 Å². The van der Waals surface area contributed by atoms with E-state index in [2.05, 4.69) is 10.6 Å². The number of nitrogens with zero attached hydrogens (tertiary/aromatic N) is 1. The molecule has 0 saturated heterocycles. The molecule has 116 valence electrons. The average molecular weight is 348 g/mol. The summed E-state index contributed by atoms with van der Waals surface area (Å²) in [6.45, 7) is 0. The Bertz CT molecular complexity index is 813. The maximum atomic E-state index is 12.0. The molecule has 0 aliphatic carbocycles. The Balaban J connectivity index is 2.14. The van der Waals surface area contributed by atoms with Gasteiger partial charge in [-0.2, -0.15) is 5.26 Å². The number of halogens is 2. The molecule has 5 nitrogen and oxygen atoms in total. The van der Waals surface area contributed by atoms with Gasteiger partial charge < -0.3 is 15.7 Å². The number of phenolic OH excluding ortho intramolecular Hbond substituents is 1. The van der Waals surface area contributed by atoms with Crippen LogP contribution in [0.25, 0.3) is 0 Å². The normalized spacial score (nSPS) is 10.7. The van der Waals surface area contributed by atoms with Crippen LogP contribution in [0.15, 0.2) is 54.2 Å². The van der Waals surface area contributed by atoms with Gasteiger partial charge >= 0.3 is 0 Å². The molecule has 3 N–H and O–H groups in total. The zero-order chi connectivity index (χ0) is 16.8. The predicted molar refractivity (Wildman–Crippen MR) is 90.5 cm³/mol. The molecule has 2 aromatic carbocycles. The minimum atomic E-state index is -0.622. The van der Waals surface area contributed by atoms with E-state index in [0.29, 0.717) is 21.4 Å². The van der Waals surface area contributed by atoms with Crippen molar-refractivity contribution in [1.29, 1.82) is 5.26 Å². The summed E-state index contributed by atoms with van der Waals surface area (Å²) in [5, 5.41) is 24.6. The molecule has 0 aromatic heterocycles. The van der Waals surface area contributed by atoms with Crippen LogP contribution in [0.3, 0.4) is 0 Å². The fourth-order valence-corrected chi connectivity index (χ4v) is 2.03. The largest absolute Gasteiger partial charge is 0.508 e. The Kier molecular flexibility index (Phi) is 5.47. The van der Waals surface area contributed by atoms with Crippen LogP contribution >= 0.6 is 23.2 Å². The Labute approximate surface area is 142 Å². The van der Waals surface area contributed by atoms with Crippen molar-refractivity contribution in [3.63, 3.8) is 0 Å². The van der Waals surface area contributed by atoms with E-state index in [1.165, 1.54) is 18.3 Å². The number of rotatable bonds is 4. The summed E-state index contributed by atoms with van der Waals surface area (Å²) in [6, 6.07) is 12.6. The Morgan fingerprint density at radius 1 is 1.22 bits per heavy atom. The van der Waals surface area contributed by atoms with E-state index in [4.69, 9.17) is 28.5 Å². The number of phenols is 1. The topological polar surface area (TPSA) is 85.2 Å². The monoisotopic (exact) mass is 347 g/mol. The maximum absolute atomic E-state index is 12.0. The second kappa shape index (κ2) is 7.54. The van der Waals surface area contributed by atoms with Gasteiger partial charge in [-0.1, -0.05) is 29.3 Å². The highest BCUT2D eigenvalue weighted by atomic mass is 35.5. The maximum Gasteiger partial charge on any atom is 0.267 e. The molecule has 0 fully saturated rings. The molecule has 2 rings (SSSR count). The lowest BCUT2D eigenvalue weighted by atomic mass is 10.2. The minimum absolute atomic E-state index is 0.00845. The highest BCUT2D eigenvalue weighted by Crippen LogP contribution is 2.25. The number of anilines is 2. The summed E-state index contributed by atoms with van der Waals surface area (Å²) in [5.74, 6) is -0.613. The molecule has 0 aliphatic heterocycles. The molecule has 0 unspecified atom stereocenters. The van der Waals surface area contributed by atoms with Crippen LogP contribution in [-0.4, -0.2) is 11.0 Å². The quantitative estimate of drug-likeness (QED) is 0.572. The molecule has 2 aromatic rings. The lowest BCUT2D eigenvalue weighted by Gasteiger charge is -2.07. The molecule has 23 heavy (non-hydrogen) atoms. The number of hydrogen-bond donors (Lipinski definition) is 3. The Morgan fingerprint density at radius 3 is 2.70 bits per heavy atom. The van der Waals surface area contributed by atoms with Crippen molar-refractivity contribution in [3.8, 4) is 11.8 Å². The standard InChI is InChI=1S/C16H11Cl2N3O2/c17-11-4-5-14(18)15(6-11)20-9-10(8-19)16(23)21-12-2-1-3-13(22)7-12/h1-7,9,20,22H,(H,21,23)/b10-9-. The first-order valence-electron chi connectivity index (χ1n) is 6.42. The third kappa shape index (κ3) is 4.65. The smallest absolute Gasteiger partial charge is 0.267 e. The van der Waals surface area contributed by atoms with Gasteiger partial charge in [0.25, 0.3) is 5.91 Å². The average Bonchev–Trinajstić information content (AvgIpc) is 2.51. The third-order valence-electron chi connectivity index (χ3n) is 2.77. The van der Waals surface area contributed by atoms with E-state index in [9.17, 15) is 9.90 Å². The summed E-state index contributed by atoms with van der Waals surface area (Å²) >= 11 is 11.9. The molecule has 0 aliphatic rings. The van der Waals surface area contributed by atoms with E-state index in [1.54, 1.807) is 36.4 Å². The van der Waals surface area contributed by atoms with Gasteiger partial charge in [0, 0.05) is 23.0 Å². The van der Waals surface area contributed by atoms with Gasteiger partial charge in [-0.15, -0.1) is 0 Å². The van der Waals surface area contributed by atoms with Crippen LogP contribution in [0.4, 0.5) is 11.4 Å². The van der Waals surface area contributed by atoms with Gasteiger partial charge in [0.15, 0.2) is 0 Å². The minimum Gasteiger partial charge on any atom is -0.508 e. The molecule has 1 amide bonds. The molecule has 0 radical (unpaired) electrons. The Hall–Kier alpha value is -2.68. The Morgan fingerprint density at radius 2 is 2.00 bits per heavy atom. The number of carbonyl (C=O) groups excluding carboxylic acids is 1. The van der Waals surface area contributed by atoms with Gasteiger partial charge in [0.1, 0.15) is 17.4 Å².